The molecule has 1 fully saturated rings. The minimum atomic E-state index is 0.408. The first-order valence-corrected chi connectivity index (χ1v) is 6.33. The summed E-state index contributed by atoms with van der Waals surface area (Å²) in [7, 11) is 0. The van der Waals surface area contributed by atoms with Crippen molar-refractivity contribution in [2.24, 2.45) is 0 Å². The third kappa shape index (κ3) is 2.22. The van der Waals surface area contributed by atoms with Gasteiger partial charge in [0.15, 0.2) is 0 Å². The lowest BCUT2D eigenvalue weighted by molar-refractivity contribution is 0.441. The fourth-order valence-corrected chi connectivity index (χ4v) is 2.75. The molecule has 1 aliphatic rings. The summed E-state index contributed by atoms with van der Waals surface area (Å²) in [4.78, 5) is 0. The van der Waals surface area contributed by atoms with Crippen LogP contribution >= 0.6 is 22.6 Å². The zero-order chi connectivity index (χ0) is 9.97. The van der Waals surface area contributed by atoms with E-state index in [0.29, 0.717) is 5.75 Å². The first-order valence-electron chi connectivity index (χ1n) is 5.26. The van der Waals surface area contributed by atoms with Gasteiger partial charge in [-0.2, -0.15) is 0 Å². The molecule has 76 valence electrons. The van der Waals surface area contributed by atoms with Crippen LogP contribution in [0.4, 0.5) is 0 Å². The number of halogens is 1. The van der Waals surface area contributed by atoms with Gasteiger partial charge in [0.25, 0.3) is 0 Å². The van der Waals surface area contributed by atoms with Gasteiger partial charge in [-0.3, -0.25) is 0 Å². The molecule has 0 amide bonds. The van der Waals surface area contributed by atoms with Crippen LogP contribution in [0.1, 0.15) is 43.6 Å². The van der Waals surface area contributed by atoms with E-state index in [1.807, 2.05) is 6.07 Å². The third-order valence-electron chi connectivity index (χ3n) is 3.05. The fraction of sp³-hybridized carbons (Fsp3) is 0.500. The third-order valence-corrected chi connectivity index (χ3v) is 3.91. The molecule has 0 saturated heterocycles. The van der Waals surface area contributed by atoms with Crippen LogP contribution in [0.3, 0.4) is 0 Å². The predicted molar refractivity (Wildman–Crippen MR) is 66.6 cm³/mol. The maximum Gasteiger partial charge on any atom is 0.128 e. The van der Waals surface area contributed by atoms with Gasteiger partial charge in [0.1, 0.15) is 5.75 Å². The van der Waals surface area contributed by atoms with Gasteiger partial charge in [0.05, 0.1) is 3.57 Å². The molecule has 2 heteroatoms. The van der Waals surface area contributed by atoms with E-state index in [4.69, 9.17) is 0 Å². The molecular weight excluding hydrogens is 287 g/mol. The van der Waals surface area contributed by atoms with E-state index in [9.17, 15) is 5.11 Å². The highest BCUT2D eigenvalue weighted by Gasteiger charge is 2.15. The smallest absolute Gasteiger partial charge is 0.128 e. The molecule has 0 atom stereocenters. The van der Waals surface area contributed by atoms with E-state index >= 15 is 0 Å². The molecule has 1 nitrogen and oxygen atoms in total. The number of benzene rings is 1. The Bertz CT molecular complexity index is 316. The molecule has 0 aliphatic heterocycles. The lowest BCUT2D eigenvalue weighted by Crippen LogP contribution is -2.04. The van der Waals surface area contributed by atoms with E-state index in [1.54, 1.807) is 0 Å². The van der Waals surface area contributed by atoms with Crippen LogP contribution in [0.15, 0.2) is 18.2 Å². The second kappa shape index (κ2) is 4.51. The Labute approximate surface area is 98.7 Å². The highest BCUT2D eigenvalue weighted by Crippen LogP contribution is 2.34. The molecule has 1 aliphatic carbocycles. The molecule has 1 saturated carbocycles. The zero-order valence-electron chi connectivity index (χ0n) is 8.17. The molecule has 0 unspecified atom stereocenters. The fourth-order valence-electron chi connectivity index (χ4n) is 2.21. The molecule has 1 aromatic carbocycles. The van der Waals surface area contributed by atoms with Crippen LogP contribution in [0.5, 0.6) is 5.75 Å². The van der Waals surface area contributed by atoms with E-state index in [1.165, 1.54) is 37.7 Å². The van der Waals surface area contributed by atoms with Crippen LogP contribution in [0.25, 0.3) is 0 Å². The maximum absolute atomic E-state index is 9.43. The van der Waals surface area contributed by atoms with Crippen molar-refractivity contribution in [2.75, 3.05) is 0 Å². The quantitative estimate of drug-likeness (QED) is 0.776. The van der Waals surface area contributed by atoms with Crippen molar-refractivity contribution in [2.45, 2.75) is 38.0 Å². The first-order chi connectivity index (χ1) is 6.77. The predicted octanol–water partition coefficient (Wildman–Crippen LogP) is 4.04. The lowest BCUT2D eigenvalue weighted by Gasteiger charge is -2.22. The summed E-state index contributed by atoms with van der Waals surface area (Å²) in [5.41, 5.74) is 1.41. The zero-order valence-corrected chi connectivity index (χ0v) is 10.3. The molecule has 1 N–H and O–H groups in total. The van der Waals surface area contributed by atoms with Gasteiger partial charge >= 0.3 is 0 Å². The summed E-state index contributed by atoms with van der Waals surface area (Å²) >= 11 is 2.20. The van der Waals surface area contributed by atoms with Crippen molar-refractivity contribution in [3.8, 4) is 5.75 Å². The normalized spacial score (nSPS) is 18.4. The van der Waals surface area contributed by atoms with Crippen molar-refractivity contribution in [1.82, 2.24) is 0 Å². The van der Waals surface area contributed by atoms with Gasteiger partial charge in [-0.05, 0) is 59.0 Å². The van der Waals surface area contributed by atoms with Gasteiger partial charge in [-0.25, -0.2) is 0 Å². The summed E-state index contributed by atoms with van der Waals surface area (Å²) in [6.45, 7) is 0. The van der Waals surface area contributed by atoms with Gasteiger partial charge in [-0.1, -0.05) is 25.3 Å². The van der Waals surface area contributed by atoms with E-state index in [-0.39, 0.29) is 0 Å². The van der Waals surface area contributed by atoms with Crippen molar-refractivity contribution in [3.05, 3.63) is 27.3 Å². The van der Waals surface area contributed by atoms with Gasteiger partial charge in [0, 0.05) is 0 Å². The standard InChI is InChI=1S/C12H15IO/c13-11-8-10(6-7-12(11)14)9-4-2-1-3-5-9/h6-9,14H,1-5H2. The second-order valence-electron chi connectivity index (χ2n) is 4.05. The van der Waals surface area contributed by atoms with Crippen molar-refractivity contribution in [3.63, 3.8) is 0 Å². The highest BCUT2D eigenvalue weighted by atomic mass is 127. The largest absolute Gasteiger partial charge is 0.507 e. The van der Waals surface area contributed by atoms with Crippen LogP contribution in [0.2, 0.25) is 0 Å². The average molecular weight is 302 g/mol. The van der Waals surface area contributed by atoms with Gasteiger partial charge in [0.2, 0.25) is 0 Å². The Hall–Kier alpha value is -0.250. The summed E-state index contributed by atoms with van der Waals surface area (Å²) in [5.74, 6) is 1.14. The monoisotopic (exact) mass is 302 g/mol. The molecule has 0 bridgehead atoms. The number of hydrogen-bond acceptors (Lipinski definition) is 1. The first kappa shape index (κ1) is 10.3. The molecule has 0 spiro atoms. The Balaban J connectivity index is 2.18. The average Bonchev–Trinajstić information content (AvgIpc) is 2.23. The SMILES string of the molecule is Oc1ccc(C2CCCCC2)cc1I. The molecule has 0 aromatic heterocycles. The Kier molecular flexibility index (Phi) is 3.31. The number of rotatable bonds is 1. The summed E-state index contributed by atoms with van der Waals surface area (Å²) in [5, 5.41) is 9.43. The summed E-state index contributed by atoms with van der Waals surface area (Å²) in [6.07, 6.45) is 6.76. The van der Waals surface area contributed by atoms with E-state index in [2.05, 4.69) is 34.7 Å². The van der Waals surface area contributed by atoms with Crippen molar-refractivity contribution >= 4 is 22.6 Å². The van der Waals surface area contributed by atoms with Crippen LogP contribution in [0, 0.1) is 3.57 Å². The summed E-state index contributed by atoms with van der Waals surface area (Å²) < 4.78 is 0.977. The Morgan fingerprint density at radius 2 is 1.86 bits per heavy atom. The number of aromatic hydroxyl groups is 1. The van der Waals surface area contributed by atoms with E-state index < -0.39 is 0 Å². The van der Waals surface area contributed by atoms with E-state index in [0.717, 1.165) is 9.49 Å². The number of hydrogen-bond donors (Lipinski definition) is 1. The topological polar surface area (TPSA) is 20.2 Å². The van der Waals surface area contributed by atoms with Crippen LogP contribution < -0.4 is 0 Å². The van der Waals surface area contributed by atoms with Gasteiger partial charge < -0.3 is 5.11 Å². The second-order valence-corrected chi connectivity index (χ2v) is 5.21. The molecule has 14 heavy (non-hydrogen) atoms. The Morgan fingerprint density at radius 3 is 2.50 bits per heavy atom. The molecular formula is C12H15IO. The number of phenols is 1. The minimum absolute atomic E-state index is 0.408. The molecule has 0 radical (unpaired) electrons. The minimum Gasteiger partial charge on any atom is -0.507 e. The van der Waals surface area contributed by atoms with Gasteiger partial charge in [-0.15, -0.1) is 0 Å². The van der Waals surface area contributed by atoms with Crippen LogP contribution in [-0.4, -0.2) is 5.11 Å². The Morgan fingerprint density at radius 1 is 1.14 bits per heavy atom. The van der Waals surface area contributed by atoms with Crippen LogP contribution in [-0.2, 0) is 0 Å². The summed E-state index contributed by atoms with van der Waals surface area (Å²) in [6, 6.07) is 6.03. The molecule has 1 aromatic rings. The highest BCUT2D eigenvalue weighted by molar-refractivity contribution is 14.1. The van der Waals surface area contributed by atoms with Crippen molar-refractivity contribution in [1.29, 1.82) is 0 Å². The van der Waals surface area contributed by atoms with Crippen molar-refractivity contribution < 1.29 is 5.11 Å². The molecule has 2 rings (SSSR count). The maximum atomic E-state index is 9.43. The molecule has 0 heterocycles. The lowest BCUT2D eigenvalue weighted by atomic mass is 9.84. The number of phenolic OH excluding ortho intramolecular Hbond substituents is 1.